The van der Waals surface area contributed by atoms with Crippen molar-refractivity contribution in [3.63, 3.8) is 0 Å². The Hall–Kier alpha value is -2.58. The van der Waals surface area contributed by atoms with Crippen molar-refractivity contribution in [3.8, 4) is 29.2 Å². The van der Waals surface area contributed by atoms with Crippen molar-refractivity contribution in [1.29, 1.82) is 5.26 Å². The fourth-order valence-electron chi connectivity index (χ4n) is 1.36. The first-order chi connectivity index (χ1) is 7.90. The lowest BCUT2D eigenvalue weighted by Crippen LogP contribution is -1.82. The first-order valence-electron chi connectivity index (χ1n) is 4.82. The van der Waals surface area contributed by atoms with Crippen LogP contribution in [-0.4, -0.2) is 4.98 Å². The molecule has 0 N–H and O–H groups in total. The van der Waals surface area contributed by atoms with Crippen LogP contribution in [0.25, 0.3) is 11.3 Å². The zero-order valence-corrected chi connectivity index (χ0v) is 8.51. The maximum atomic E-state index is 8.33. The molecule has 0 unspecified atom stereocenters. The van der Waals surface area contributed by atoms with E-state index in [1.807, 2.05) is 42.5 Å². The van der Waals surface area contributed by atoms with Gasteiger partial charge in [0.05, 0.1) is 5.69 Å². The molecule has 1 aromatic carbocycles. The summed E-state index contributed by atoms with van der Waals surface area (Å²) in [7, 11) is 0. The molecule has 1 heterocycles. The number of rotatable bonds is 1. The minimum Gasteiger partial charge on any atom is -0.256 e. The van der Waals surface area contributed by atoms with E-state index in [9.17, 15) is 0 Å². The average Bonchev–Trinajstić information content (AvgIpc) is 2.38. The second kappa shape index (κ2) is 4.77. The molecule has 2 aromatic rings. The highest BCUT2D eigenvalue weighted by molar-refractivity contribution is 5.60. The van der Waals surface area contributed by atoms with Crippen molar-refractivity contribution >= 4 is 0 Å². The third kappa shape index (κ3) is 2.26. The summed E-state index contributed by atoms with van der Waals surface area (Å²) in [5.74, 6) is 5.11. The molecule has 0 radical (unpaired) electrons. The van der Waals surface area contributed by atoms with Crippen molar-refractivity contribution in [1.82, 2.24) is 4.98 Å². The molecule has 0 bridgehead atoms. The van der Waals surface area contributed by atoms with Gasteiger partial charge in [0.2, 0.25) is 0 Å². The van der Waals surface area contributed by atoms with Crippen LogP contribution < -0.4 is 0 Å². The van der Waals surface area contributed by atoms with E-state index in [1.165, 1.54) is 0 Å². The number of nitrogens with zero attached hydrogens (tertiary/aromatic N) is 2. The standard InChI is InChI=1S/C14H8N2/c15-10-3-4-12-6-8-13(9-7-12)14-5-1-2-11-16-14/h1-2,5-9,11H. The Morgan fingerprint density at radius 3 is 2.44 bits per heavy atom. The predicted octanol–water partition coefficient (Wildman–Crippen LogP) is 2.62. The molecule has 0 atom stereocenters. The molecule has 0 fully saturated rings. The van der Waals surface area contributed by atoms with Crippen LogP contribution in [0.2, 0.25) is 0 Å². The maximum Gasteiger partial charge on any atom is 0.152 e. The summed E-state index contributed by atoms with van der Waals surface area (Å²) >= 11 is 0. The maximum absolute atomic E-state index is 8.33. The fourth-order valence-corrected chi connectivity index (χ4v) is 1.36. The first-order valence-corrected chi connectivity index (χ1v) is 4.82. The zero-order chi connectivity index (χ0) is 11.2. The molecule has 0 spiro atoms. The molecule has 0 amide bonds. The van der Waals surface area contributed by atoms with Gasteiger partial charge < -0.3 is 0 Å². The van der Waals surface area contributed by atoms with E-state index in [4.69, 9.17) is 5.26 Å². The SMILES string of the molecule is N#CC#Cc1ccc(-c2ccccn2)cc1. The molecule has 16 heavy (non-hydrogen) atoms. The summed E-state index contributed by atoms with van der Waals surface area (Å²) < 4.78 is 0. The monoisotopic (exact) mass is 204 g/mol. The topological polar surface area (TPSA) is 36.7 Å². The van der Waals surface area contributed by atoms with E-state index in [0.29, 0.717) is 0 Å². The Kier molecular flexibility index (Phi) is 2.97. The van der Waals surface area contributed by atoms with Crippen LogP contribution in [0.5, 0.6) is 0 Å². The van der Waals surface area contributed by atoms with Crippen LogP contribution in [0.4, 0.5) is 0 Å². The smallest absolute Gasteiger partial charge is 0.152 e. The second-order valence-corrected chi connectivity index (χ2v) is 3.15. The number of hydrogen-bond acceptors (Lipinski definition) is 2. The van der Waals surface area contributed by atoms with Crippen LogP contribution in [0, 0.1) is 23.2 Å². The van der Waals surface area contributed by atoms with Gasteiger partial charge in [-0.3, -0.25) is 4.98 Å². The first kappa shape index (κ1) is 9.96. The summed E-state index contributed by atoms with van der Waals surface area (Å²) in [5, 5.41) is 8.33. The molecule has 2 rings (SSSR count). The molecule has 74 valence electrons. The van der Waals surface area contributed by atoms with Gasteiger partial charge in [-0.2, -0.15) is 5.26 Å². The van der Waals surface area contributed by atoms with Gasteiger partial charge >= 0.3 is 0 Å². The van der Waals surface area contributed by atoms with Crippen molar-refractivity contribution in [2.75, 3.05) is 0 Å². The van der Waals surface area contributed by atoms with Crippen LogP contribution in [-0.2, 0) is 0 Å². The third-order valence-corrected chi connectivity index (χ3v) is 2.11. The molecule has 2 heteroatoms. The van der Waals surface area contributed by atoms with Crippen molar-refractivity contribution < 1.29 is 0 Å². The Bertz CT molecular complexity index is 566. The normalized spacial score (nSPS) is 8.69. The molecule has 1 aromatic heterocycles. The van der Waals surface area contributed by atoms with Gasteiger partial charge in [-0.15, -0.1) is 0 Å². The number of hydrogen-bond donors (Lipinski definition) is 0. The van der Waals surface area contributed by atoms with Crippen molar-refractivity contribution in [2.24, 2.45) is 0 Å². The minimum atomic E-state index is 0.834. The van der Waals surface area contributed by atoms with Gasteiger partial charge in [0.25, 0.3) is 0 Å². The Labute approximate surface area is 94.2 Å². The Morgan fingerprint density at radius 1 is 1.00 bits per heavy atom. The lowest BCUT2D eigenvalue weighted by molar-refractivity contribution is 1.33. The summed E-state index contributed by atoms with van der Waals surface area (Å²) in [6.45, 7) is 0. The lowest BCUT2D eigenvalue weighted by atomic mass is 10.1. The van der Waals surface area contributed by atoms with E-state index >= 15 is 0 Å². The molecular formula is C14H8N2. The fraction of sp³-hybridized carbons (Fsp3) is 0. The van der Waals surface area contributed by atoms with Gasteiger partial charge in [-0.25, -0.2) is 0 Å². The second-order valence-electron chi connectivity index (χ2n) is 3.15. The molecule has 0 saturated carbocycles. The molecule has 0 aliphatic rings. The number of benzene rings is 1. The molecular weight excluding hydrogens is 196 g/mol. The van der Waals surface area contributed by atoms with Crippen LogP contribution >= 0.6 is 0 Å². The quantitative estimate of drug-likeness (QED) is 0.669. The van der Waals surface area contributed by atoms with E-state index in [2.05, 4.69) is 16.8 Å². The van der Waals surface area contributed by atoms with E-state index in [-0.39, 0.29) is 0 Å². The lowest BCUT2D eigenvalue weighted by Gasteiger charge is -1.99. The predicted molar refractivity (Wildman–Crippen MR) is 62.2 cm³/mol. The van der Waals surface area contributed by atoms with E-state index in [1.54, 1.807) is 12.3 Å². The van der Waals surface area contributed by atoms with Crippen molar-refractivity contribution in [3.05, 3.63) is 54.2 Å². The summed E-state index contributed by atoms with van der Waals surface area (Å²) in [6.07, 6.45) is 1.76. The van der Waals surface area contributed by atoms with E-state index < -0.39 is 0 Å². The van der Waals surface area contributed by atoms with Gasteiger partial charge in [0.1, 0.15) is 0 Å². The van der Waals surface area contributed by atoms with Gasteiger partial charge in [-0.1, -0.05) is 24.1 Å². The molecule has 0 aliphatic heterocycles. The number of pyridine rings is 1. The highest BCUT2D eigenvalue weighted by Gasteiger charge is 1.96. The summed E-state index contributed by atoms with van der Waals surface area (Å²) in [4.78, 5) is 4.25. The van der Waals surface area contributed by atoms with Gasteiger partial charge in [-0.05, 0) is 24.3 Å². The Morgan fingerprint density at radius 2 is 1.81 bits per heavy atom. The van der Waals surface area contributed by atoms with Gasteiger partial charge in [0, 0.05) is 23.2 Å². The molecule has 2 nitrogen and oxygen atoms in total. The van der Waals surface area contributed by atoms with Gasteiger partial charge in [0.15, 0.2) is 6.07 Å². The minimum absolute atomic E-state index is 0.834. The third-order valence-electron chi connectivity index (χ3n) is 2.11. The largest absolute Gasteiger partial charge is 0.256 e. The molecule has 0 saturated heterocycles. The number of aromatic nitrogens is 1. The van der Waals surface area contributed by atoms with Crippen LogP contribution in [0.3, 0.4) is 0 Å². The Balaban J connectivity index is 2.31. The summed E-state index contributed by atoms with van der Waals surface area (Å²) in [5.41, 5.74) is 2.81. The average molecular weight is 204 g/mol. The van der Waals surface area contributed by atoms with Crippen LogP contribution in [0.1, 0.15) is 5.56 Å². The van der Waals surface area contributed by atoms with E-state index in [0.717, 1.165) is 16.8 Å². The highest BCUT2D eigenvalue weighted by atomic mass is 14.7. The molecule has 0 aliphatic carbocycles. The van der Waals surface area contributed by atoms with Crippen LogP contribution in [0.15, 0.2) is 48.7 Å². The number of nitriles is 1. The zero-order valence-electron chi connectivity index (χ0n) is 8.51. The van der Waals surface area contributed by atoms with Crippen molar-refractivity contribution in [2.45, 2.75) is 0 Å². The highest BCUT2D eigenvalue weighted by Crippen LogP contribution is 2.16. The summed E-state index contributed by atoms with van der Waals surface area (Å²) in [6, 6.07) is 15.2.